The minimum atomic E-state index is -0.0775. The summed E-state index contributed by atoms with van der Waals surface area (Å²) in [6, 6.07) is 4.26. The van der Waals surface area contributed by atoms with Gasteiger partial charge in [0.2, 0.25) is 0 Å². The Bertz CT molecular complexity index is 422. The lowest BCUT2D eigenvalue weighted by Crippen LogP contribution is -2.21. The van der Waals surface area contributed by atoms with Gasteiger partial charge >= 0.3 is 0 Å². The number of benzene rings is 1. The standard InChI is InChI=1S/C18H30FN/c1-12(11-18(4,5)6)8-16(20-7)15-9-13(2)17(19)14(3)10-15/h9-10,12,16,20H,8,11H2,1-7H3. The Balaban J connectivity index is 2.86. The van der Waals surface area contributed by atoms with Gasteiger partial charge < -0.3 is 5.32 Å². The fraction of sp³-hybridized carbons (Fsp3) is 0.667. The Morgan fingerprint density at radius 3 is 2.05 bits per heavy atom. The van der Waals surface area contributed by atoms with Crippen LogP contribution in [0.1, 0.15) is 63.3 Å². The number of halogens is 1. The van der Waals surface area contributed by atoms with E-state index >= 15 is 0 Å². The SMILES string of the molecule is CNC(CC(C)CC(C)(C)C)c1cc(C)c(F)c(C)c1. The van der Waals surface area contributed by atoms with Gasteiger partial charge in [-0.1, -0.05) is 39.8 Å². The molecule has 1 rings (SSSR count). The van der Waals surface area contributed by atoms with Crippen LogP contribution in [0.25, 0.3) is 0 Å². The predicted octanol–water partition coefficient (Wildman–Crippen LogP) is 5.17. The first-order valence-corrected chi connectivity index (χ1v) is 7.58. The van der Waals surface area contributed by atoms with Crippen molar-refractivity contribution in [2.45, 2.75) is 60.4 Å². The van der Waals surface area contributed by atoms with E-state index in [0.717, 1.165) is 17.5 Å². The van der Waals surface area contributed by atoms with Gasteiger partial charge in [0.1, 0.15) is 5.82 Å². The molecular formula is C18H30FN. The summed E-state index contributed by atoms with van der Waals surface area (Å²) >= 11 is 0. The van der Waals surface area contributed by atoms with Gasteiger partial charge in [-0.05, 0) is 61.8 Å². The average Bonchev–Trinajstić information content (AvgIpc) is 2.30. The summed E-state index contributed by atoms with van der Waals surface area (Å²) in [5, 5.41) is 3.39. The molecule has 0 aliphatic carbocycles. The molecule has 0 saturated carbocycles. The Hall–Kier alpha value is -0.890. The smallest absolute Gasteiger partial charge is 0.129 e. The maximum atomic E-state index is 13.7. The molecule has 0 saturated heterocycles. The van der Waals surface area contributed by atoms with Crippen LogP contribution in [0.3, 0.4) is 0 Å². The van der Waals surface area contributed by atoms with E-state index in [9.17, 15) is 4.39 Å². The second-order valence-electron chi connectivity index (χ2n) is 7.42. The Kier molecular flexibility index (Phi) is 5.76. The molecule has 0 aliphatic rings. The van der Waals surface area contributed by atoms with Crippen LogP contribution in [0, 0.1) is 31.0 Å². The quantitative estimate of drug-likeness (QED) is 0.784. The van der Waals surface area contributed by atoms with Gasteiger partial charge in [0.25, 0.3) is 0 Å². The Labute approximate surface area is 124 Å². The molecule has 2 heteroatoms. The van der Waals surface area contributed by atoms with E-state index in [-0.39, 0.29) is 5.82 Å². The zero-order valence-corrected chi connectivity index (χ0v) is 14.1. The molecule has 1 aromatic rings. The molecule has 1 N–H and O–H groups in total. The van der Waals surface area contributed by atoms with Gasteiger partial charge in [0.05, 0.1) is 0 Å². The molecule has 0 fully saturated rings. The fourth-order valence-corrected chi connectivity index (χ4v) is 3.13. The summed E-state index contributed by atoms with van der Waals surface area (Å²) in [6.45, 7) is 12.8. The molecule has 0 aliphatic heterocycles. The van der Waals surface area contributed by atoms with Gasteiger partial charge in [-0.2, -0.15) is 0 Å². The van der Waals surface area contributed by atoms with Crippen molar-refractivity contribution in [1.29, 1.82) is 0 Å². The summed E-state index contributed by atoms with van der Waals surface area (Å²) in [5.74, 6) is 0.560. The van der Waals surface area contributed by atoms with Crippen molar-refractivity contribution < 1.29 is 4.39 Å². The third kappa shape index (κ3) is 4.90. The molecule has 2 unspecified atom stereocenters. The largest absolute Gasteiger partial charge is 0.313 e. The van der Waals surface area contributed by atoms with Crippen LogP contribution < -0.4 is 5.32 Å². The first kappa shape index (κ1) is 17.2. The highest BCUT2D eigenvalue weighted by Crippen LogP contribution is 2.31. The highest BCUT2D eigenvalue weighted by atomic mass is 19.1. The van der Waals surface area contributed by atoms with Crippen molar-refractivity contribution >= 4 is 0 Å². The molecule has 114 valence electrons. The number of hydrogen-bond acceptors (Lipinski definition) is 1. The van der Waals surface area contributed by atoms with Crippen LogP contribution in [0.4, 0.5) is 4.39 Å². The van der Waals surface area contributed by atoms with Gasteiger partial charge in [-0.25, -0.2) is 4.39 Å². The molecule has 0 spiro atoms. The van der Waals surface area contributed by atoms with Gasteiger partial charge in [0.15, 0.2) is 0 Å². The summed E-state index contributed by atoms with van der Waals surface area (Å²) in [7, 11) is 1.99. The monoisotopic (exact) mass is 279 g/mol. The number of aryl methyl sites for hydroxylation is 2. The van der Waals surface area contributed by atoms with E-state index in [1.54, 1.807) is 0 Å². The fourth-order valence-electron chi connectivity index (χ4n) is 3.13. The highest BCUT2D eigenvalue weighted by molar-refractivity contribution is 5.32. The number of hydrogen-bond donors (Lipinski definition) is 1. The van der Waals surface area contributed by atoms with Gasteiger partial charge in [-0.3, -0.25) is 0 Å². The van der Waals surface area contributed by atoms with Crippen LogP contribution >= 0.6 is 0 Å². The summed E-state index contributed by atoms with van der Waals surface area (Å²) < 4.78 is 13.7. The van der Waals surface area contributed by atoms with Crippen molar-refractivity contribution in [2.24, 2.45) is 11.3 Å². The van der Waals surface area contributed by atoms with Crippen molar-refractivity contribution in [1.82, 2.24) is 5.32 Å². The molecule has 2 atom stereocenters. The molecule has 20 heavy (non-hydrogen) atoms. The zero-order valence-electron chi connectivity index (χ0n) is 14.1. The lowest BCUT2D eigenvalue weighted by atomic mass is 9.82. The average molecular weight is 279 g/mol. The molecule has 0 aromatic heterocycles. The maximum absolute atomic E-state index is 13.7. The maximum Gasteiger partial charge on any atom is 0.129 e. The number of rotatable bonds is 5. The molecule has 0 bridgehead atoms. The molecule has 1 aromatic carbocycles. The first-order valence-electron chi connectivity index (χ1n) is 7.58. The predicted molar refractivity (Wildman–Crippen MR) is 85.5 cm³/mol. The van der Waals surface area contributed by atoms with Crippen LogP contribution in [-0.2, 0) is 0 Å². The lowest BCUT2D eigenvalue weighted by Gasteiger charge is -2.27. The second kappa shape index (κ2) is 6.71. The minimum absolute atomic E-state index is 0.0775. The summed E-state index contributed by atoms with van der Waals surface area (Å²) in [4.78, 5) is 0. The molecule has 1 nitrogen and oxygen atoms in total. The van der Waals surface area contributed by atoms with E-state index in [1.165, 1.54) is 12.0 Å². The van der Waals surface area contributed by atoms with Crippen molar-refractivity contribution in [3.63, 3.8) is 0 Å². The number of nitrogens with one attached hydrogen (secondary N) is 1. The van der Waals surface area contributed by atoms with Crippen LogP contribution in [0.5, 0.6) is 0 Å². The molecular weight excluding hydrogens is 249 g/mol. The van der Waals surface area contributed by atoms with Crippen molar-refractivity contribution in [2.75, 3.05) is 7.05 Å². The third-order valence-corrected chi connectivity index (χ3v) is 3.81. The Morgan fingerprint density at radius 1 is 1.15 bits per heavy atom. The highest BCUT2D eigenvalue weighted by Gasteiger charge is 2.20. The van der Waals surface area contributed by atoms with Crippen LogP contribution in [0.15, 0.2) is 12.1 Å². The second-order valence-corrected chi connectivity index (χ2v) is 7.42. The molecule has 0 heterocycles. The lowest BCUT2D eigenvalue weighted by molar-refractivity contribution is 0.279. The van der Waals surface area contributed by atoms with Crippen LogP contribution in [-0.4, -0.2) is 7.05 Å². The van der Waals surface area contributed by atoms with Gasteiger partial charge in [-0.15, -0.1) is 0 Å². The minimum Gasteiger partial charge on any atom is -0.313 e. The summed E-state index contributed by atoms with van der Waals surface area (Å²) in [6.07, 6.45) is 2.28. The van der Waals surface area contributed by atoms with Gasteiger partial charge in [0, 0.05) is 6.04 Å². The first-order chi connectivity index (χ1) is 9.14. The molecule has 0 radical (unpaired) electrons. The zero-order chi connectivity index (χ0) is 15.5. The van der Waals surface area contributed by atoms with E-state index < -0.39 is 0 Å². The summed E-state index contributed by atoms with van der Waals surface area (Å²) in [5.41, 5.74) is 3.03. The van der Waals surface area contributed by atoms with Crippen molar-refractivity contribution in [3.8, 4) is 0 Å². The van der Waals surface area contributed by atoms with E-state index in [0.29, 0.717) is 17.4 Å². The topological polar surface area (TPSA) is 12.0 Å². The third-order valence-electron chi connectivity index (χ3n) is 3.81. The van der Waals surface area contributed by atoms with Crippen LogP contribution in [0.2, 0.25) is 0 Å². The molecule has 0 amide bonds. The Morgan fingerprint density at radius 2 is 1.65 bits per heavy atom. The van der Waals surface area contributed by atoms with E-state index in [2.05, 4.69) is 33.0 Å². The van der Waals surface area contributed by atoms with E-state index in [4.69, 9.17) is 0 Å². The van der Waals surface area contributed by atoms with Crippen molar-refractivity contribution in [3.05, 3.63) is 34.6 Å². The van der Waals surface area contributed by atoms with E-state index in [1.807, 2.05) is 33.0 Å². The normalized spacial score (nSPS) is 15.2.